The Kier molecular flexibility index (Phi) is 4.71. The highest BCUT2D eigenvalue weighted by molar-refractivity contribution is 7.99. The average Bonchev–Trinajstić information content (AvgIpc) is 2.81. The Labute approximate surface area is 137 Å². The molecule has 122 valence electrons. The van der Waals surface area contributed by atoms with E-state index < -0.39 is 5.97 Å². The van der Waals surface area contributed by atoms with Crippen LogP contribution in [-0.4, -0.2) is 44.8 Å². The van der Waals surface area contributed by atoms with E-state index in [9.17, 15) is 4.79 Å². The fourth-order valence-electron chi connectivity index (χ4n) is 2.32. The minimum atomic E-state index is -0.877. The number of fused-ring (bicyclic) bond motifs is 1. The van der Waals surface area contributed by atoms with Crippen LogP contribution in [0.15, 0.2) is 23.4 Å². The third kappa shape index (κ3) is 3.42. The summed E-state index contributed by atoms with van der Waals surface area (Å²) in [6, 6.07) is 5.67. The van der Waals surface area contributed by atoms with Crippen molar-refractivity contribution >= 4 is 17.7 Å². The molecule has 0 bridgehead atoms. The van der Waals surface area contributed by atoms with Gasteiger partial charge in [-0.1, -0.05) is 11.8 Å². The molecule has 7 nitrogen and oxygen atoms in total. The first-order valence-corrected chi connectivity index (χ1v) is 8.35. The molecular formula is C15H17N3O4S. The van der Waals surface area contributed by atoms with Crippen LogP contribution in [0.5, 0.6) is 11.5 Å². The second-order valence-corrected chi connectivity index (χ2v) is 5.89. The van der Waals surface area contributed by atoms with E-state index in [1.165, 1.54) is 0 Å². The Morgan fingerprint density at radius 3 is 2.83 bits per heavy atom. The summed E-state index contributed by atoms with van der Waals surface area (Å²) in [6.07, 6.45) is 0.852. The summed E-state index contributed by atoms with van der Waals surface area (Å²) in [6.45, 7) is 3.89. The number of benzene rings is 1. The molecule has 23 heavy (non-hydrogen) atoms. The van der Waals surface area contributed by atoms with Crippen LogP contribution in [-0.2, 0) is 11.3 Å². The van der Waals surface area contributed by atoms with Gasteiger partial charge in [-0.3, -0.25) is 4.79 Å². The van der Waals surface area contributed by atoms with Crippen molar-refractivity contribution in [3.63, 3.8) is 0 Å². The Morgan fingerprint density at radius 1 is 1.30 bits per heavy atom. The van der Waals surface area contributed by atoms with Crippen molar-refractivity contribution in [3.05, 3.63) is 18.2 Å². The summed E-state index contributed by atoms with van der Waals surface area (Å²) in [5.41, 5.74) is 0.866. The third-order valence-electron chi connectivity index (χ3n) is 3.36. The molecule has 0 spiro atoms. The maximum atomic E-state index is 10.7. The number of carbonyl (C=O) groups is 1. The van der Waals surface area contributed by atoms with Crippen molar-refractivity contribution in [1.29, 1.82) is 0 Å². The fourth-order valence-corrected chi connectivity index (χ4v) is 3.05. The highest BCUT2D eigenvalue weighted by atomic mass is 32.2. The second kappa shape index (κ2) is 6.91. The predicted molar refractivity (Wildman–Crippen MR) is 85.1 cm³/mol. The molecule has 0 aliphatic carbocycles. The minimum Gasteiger partial charge on any atom is -0.490 e. The molecule has 0 unspecified atom stereocenters. The maximum Gasteiger partial charge on any atom is 0.313 e. The molecule has 8 heteroatoms. The van der Waals surface area contributed by atoms with Gasteiger partial charge in [0.25, 0.3) is 0 Å². The number of carboxylic acids is 1. The predicted octanol–water partition coefficient (Wildman–Crippen LogP) is 2.30. The normalized spacial score (nSPS) is 13.6. The van der Waals surface area contributed by atoms with E-state index in [1.54, 1.807) is 0 Å². The van der Waals surface area contributed by atoms with Crippen LogP contribution in [0.3, 0.4) is 0 Å². The number of hydrogen-bond donors (Lipinski definition) is 1. The lowest BCUT2D eigenvalue weighted by Gasteiger charge is -2.10. The van der Waals surface area contributed by atoms with E-state index >= 15 is 0 Å². The van der Waals surface area contributed by atoms with Gasteiger partial charge in [-0.05, 0) is 25.1 Å². The average molecular weight is 335 g/mol. The maximum absolute atomic E-state index is 10.7. The highest BCUT2D eigenvalue weighted by Crippen LogP contribution is 2.34. The van der Waals surface area contributed by atoms with Crippen LogP contribution in [0.2, 0.25) is 0 Å². The zero-order valence-electron chi connectivity index (χ0n) is 12.7. The van der Waals surface area contributed by atoms with Crippen molar-refractivity contribution in [3.8, 4) is 22.9 Å². The third-order valence-corrected chi connectivity index (χ3v) is 4.32. The van der Waals surface area contributed by atoms with Crippen molar-refractivity contribution in [2.45, 2.75) is 25.0 Å². The van der Waals surface area contributed by atoms with Gasteiger partial charge in [0.1, 0.15) is 0 Å². The van der Waals surface area contributed by atoms with Crippen molar-refractivity contribution in [2.24, 2.45) is 0 Å². The molecule has 0 saturated carbocycles. The standard InChI is InChI=1S/C15H17N3O4S/c1-2-18-14(16-17-15(18)23-9-13(19)20)10-4-5-11-12(8-10)22-7-3-6-21-11/h4-5,8H,2-3,6-7,9H2,1H3,(H,19,20). The zero-order valence-corrected chi connectivity index (χ0v) is 13.5. The van der Waals surface area contributed by atoms with Crippen LogP contribution in [0.1, 0.15) is 13.3 Å². The SMILES string of the molecule is CCn1c(SCC(=O)O)nnc1-c1ccc2c(c1)OCCCO2. The number of rotatable bonds is 5. The van der Waals surface area contributed by atoms with Crippen LogP contribution < -0.4 is 9.47 Å². The fraction of sp³-hybridized carbons (Fsp3) is 0.400. The quantitative estimate of drug-likeness (QED) is 0.839. The molecule has 1 aliphatic heterocycles. The molecule has 1 N–H and O–H groups in total. The lowest BCUT2D eigenvalue weighted by Crippen LogP contribution is -2.03. The number of thioether (sulfide) groups is 1. The van der Waals surface area contributed by atoms with Crippen molar-refractivity contribution < 1.29 is 19.4 Å². The van der Waals surface area contributed by atoms with Crippen LogP contribution in [0, 0.1) is 0 Å². The molecule has 0 radical (unpaired) electrons. The first-order chi connectivity index (χ1) is 11.2. The summed E-state index contributed by atoms with van der Waals surface area (Å²) in [5, 5.41) is 17.7. The molecule has 0 atom stereocenters. The van der Waals surface area contributed by atoms with Gasteiger partial charge >= 0.3 is 5.97 Å². The molecule has 1 aliphatic rings. The van der Waals surface area contributed by atoms with Crippen LogP contribution in [0.4, 0.5) is 0 Å². The van der Waals surface area contributed by atoms with Gasteiger partial charge in [0.15, 0.2) is 22.5 Å². The van der Waals surface area contributed by atoms with Crippen molar-refractivity contribution in [2.75, 3.05) is 19.0 Å². The summed E-state index contributed by atoms with van der Waals surface area (Å²) < 4.78 is 13.2. The summed E-state index contributed by atoms with van der Waals surface area (Å²) in [7, 11) is 0. The number of nitrogens with zero attached hydrogens (tertiary/aromatic N) is 3. The monoisotopic (exact) mass is 335 g/mol. The minimum absolute atomic E-state index is 0.0424. The molecule has 2 heterocycles. The molecule has 1 aromatic heterocycles. The molecule has 3 rings (SSSR count). The van der Waals surface area contributed by atoms with E-state index in [0.717, 1.165) is 29.5 Å². The Bertz CT molecular complexity index is 717. The second-order valence-electron chi connectivity index (χ2n) is 4.94. The number of carboxylic acid groups (broad SMARTS) is 1. The van der Waals surface area contributed by atoms with E-state index in [4.69, 9.17) is 14.6 Å². The van der Waals surface area contributed by atoms with E-state index in [2.05, 4.69) is 10.2 Å². The van der Waals surface area contributed by atoms with Gasteiger partial charge in [-0.15, -0.1) is 10.2 Å². The lowest BCUT2D eigenvalue weighted by atomic mass is 10.2. The number of ether oxygens (including phenoxy) is 2. The number of aromatic nitrogens is 3. The smallest absolute Gasteiger partial charge is 0.313 e. The Hall–Kier alpha value is -2.22. The van der Waals surface area contributed by atoms with E-state index in [0.29, 0.717) is 36.5 Å². The van der Waals surface area contributed by atoms with Crippen LogP contribution >= 0.6 is 11.8 Å². The van der Waals surface area contributed by atoms with Gasteiger partial charge in [0.05, 0.1) is 19.0 Å². The first-order valence-electron chi connectivity index (χ1n) is 7.37. The number of hydrogen-bond acceptors (Lipinski definition) is 6. The molecule has 1 aromatic carbocycles. The molecule has 0 amide bonds. The van der Waals surface area contributed by atoms with E-state index in [1.807, 2.05) is 29.7 Å². The Balaban J connectivity index is 1.92. The van der Waals surface area contributed by atoms with Crippen molar-refractivity contribution in [1.82, 2.24) is 14.8 Å². The van der Waals surface area contributed by atoms with Gasteiger partial charge in [0.2, 0.25) is 0 Å². The van der Waals surface area contributed by atoms with Crippen LogP contribution in [0.25, 0.3) is 11.4 Å². The van der Waals surface area contributed by atoms with Gasteiger partial charge in [-0.2, -0.15) is 0 Å². The molecular weight excluding hydrogens is 318 g/mol. The Morgan fingerprint density at radius 2 is 2.09 bits per heavy atom. The topological polar surface area (TPSA) is 86.5 Å². The summed E-state index contributed by atoms with van der Waals surface area (Å²) in [5.74, 6) is 1.20. The zero-order chi connectivity index (χ0) is 16.2. The van der Waals surface area contributed by atoms with Gasteiger partial charge < -0.3 is 19.1 Å². The lowest BCUT2D eigenvalue weighted by molar-refractivity contribution is -0.133. The van der Waals surface area contributed by atoms with E-state index in [-0.39, 0.29) is 5.75 Å². The molecule has 0 saturated heterocycles. The van der Waals surface area contributed by atoms with Gasteiger partial charge in [0, 0.05) is 18.5 Å². The highest BCUT2D eigenvalue weighted by Gasteiger charge is 2.17. The summed E-state index contributed by atoms with van der Waals surface area (Å²) in [4.78, 5) is 10.7. The number of aliphatic carboxylic acids is 1. The first kappa shape index (κ1) is 15.7. The molecule has 2 aromatic rings. The largest absolute Gasteiger partial charge is 0.490 e. The summed E-state index contributed by atoms with van der Waals surface area (Å²) >= 11 is 1.16. The molecule has 0 fully saturated rings. The van der Waals surface area contributed by atoms with Gasteiger partial charge in [-0.25, -0.2) is 0 Å².